The minimum atomic E-state index is -4.45. The number of aliphatic imine (C=N–C) groups is 1. The van der Waals surface area contributed by atoms with Crippen LogP contribution in [-0.4, -0.2) is 68.6 Å². The number of anilines is 1. The van der Waals surface area contributed by atoms with Gasteiger partial charge in [-0.25, -0.2) is 23.4 Å². The molecule has 0 aliphatic carbocycles. The molecule has 0 aromatic carbocycles. The molecule has 0 aliphatic rings. The second kappa shape index (κ2) is 11.4. The van der Waals surface area contributed by atoms with Gasteiger partial charge in [-0.3, -0.25) is 0 Å². The lowest BCUT2D eigenvalue weighted by Crippen LogP contribution is -2.36. The van der Waals surface area contributed by atoms with Gasteiger partial charge in [-0.15, -0.1) is 4.40 Å². The average molecular weight is 521 g/mol. The molecule has 0 aliphatic heterocycles. The molecule has 0 saturated carbocycles. The topological polar surface area (TPSA) is 147 Å². The largest absolute Gasteiger partial charge is 0.408 e. The summed E-state index contributed by atoms with van der Waals surface area (Å²) in [5, 5.41) is 8.35. The van der Waals surface area contributed by atoms with Gasteiger partial charge in [0.05, 0.1) is 10.7 Å². The van der Waals surface area contributed by atoms with E-state index >= 15 is 0 Å². The fraction of sp³-hybridized carbons (Fsp3) is 0.538. The fourth-order valence-corrected chi connectivity index (χ4v) is 3.15. The zero-order valence-electron chi connectivity index (χ0n) is 15.4. The van der Waals surface area contributed by atoms with E-state index in [9.17, 15) is 21.6 Å². The molecule has 0 atom stereocenters. The van der Waals surface area contributed by atoms with Crippen LogP contribution in [0.1, 0.15) is 6.42 Å². The maximum atomic E-state index is 12.2. The highest BCUT2D eigenvalue weighted by Gasteiger charge is 2.26. The molecule has 1 heterocycles. The maximum absolute atomic E-state index is 12.2. The summed E-state index contributed by atoms with van der Waals surface area (Å²) in [7, 11) is -1.97. The number of sulfonamides is 1. The average Bonchev–Trinajstić information content (AvgIpc) is 2.59. The fourth-order valence-electron chi connectivity index (χ4n) is 1.62. The first-order chi connectivity index (χ1) is 13.4. The first kappa shape index (κ1) is 25.2. The Morgan fingerprint density at radius 2 is 2.10 bits per heavy atom. The highest BCUT2D eigenvalue weighted by molar-refractivity contribution is 9.10. The Labute approximate surface area is 178 Å². The maximum Gasteiger partial charge on any atom is 0.408 e. The van der Waals surface area contributed by atoms with Gasteiger partial charge >= 0.3 is 6.18 Å². The third-order valence-electron chi connectivity index (χ3n) is 2.74. The Hall–Kier alpha value is -1.81. The number of nitrogens with zero attached hydrogens (tertiary/aromatic N) is 4. The van der Waals surface area contributed by atoms with Crippen LogP contribution in [0.25, 0.3) is 0 Å². The predicted molar refractivity (Wildman–Crippen MR) is 111 cm³/mol. The second-order valence-corrected chi connectivity index (χ2v) is 8.91. The van der Waals surface area contributed by atoms with Gasteiger partial charge in [0.25, 0.3) is 10.0 Å². The number of hydrogen-bond donors (Lipinski definition) is 4. The van der Waals surface area contributed by atoms with Crippen LogP contribution >= 0.6 is 27.7 Å². The summed E-state index contributed by atoms with van der Waals surface area (Å²) in [6.45, 7) is -0.957. The molecule has 0 spiro atoms. The molecule has 1 rings (SSSR count). The van der Waals surface area contributed by atoms with E-state index in [1.807, 2.05) is 0 Å². The minimum Gasteiger partial charge on any atom is -0.370 e. The molecule has 0 saturated heterocycles. The van der Waals surface area contributed by atoms with Gasteiger partial charge in [0.1, 0.15) is 6.54 Å². The smallest absolute Gasteiger partial charge is 0.370 e. The van der Waals surface area contributed by atoms with Crippen molar-refractivity contribution in [2.75, 3.05) is 37.5 Å². The number of nitrogens with two attached hydrogens (primary N) is 1. The SMILES string of the molecule is CN/C(=N/S(C)(=O)=O)NCCCSc1ncc(Br)c(N/C(N)=N\CC(F)(F)F)n1. The quantitative estimate of drug-likeness (QED) is 0.130. The van der Waals surface area contributed by atoms with Gasteiger partial charge in [0.15, 0.2) is 16.9 Å². The van der Waals surface area contributed by atoms with Crippen LogP contribution in [0.2, 0.25) is 0 Å². The Morgan fingerprint density at radius 1 is 1.41 bits per heavy atom. The Bertz CT molecular complexity index is 849. The molecular weight excluding hydrogens is 501 g/mol. The summed E-state index contributed by atoms with van der Waals surface area (Å²) in [6, 6.07) is 0. The first-order valence-electron chi connectivity index (χ1n) is 7.90. The van der Waals surface area contributed by atoms with E-state index in [0.717, 1.165) is 6.26 Å². The van der Waals surface area contributed by atoms with Crippen LogP contribution in [0, 0.1) is 0 Å². The summed E-state index contributed by atoms with van der Waals surface area (Å²) in [5.41, 5.74) is 5.44. The molecule has 0 fully saturated rings. The van der Waals surface area contributed by atoms with Crippen LogP contribution in [0.5, 0.6) is 0 Å². The normalized spacial score (nSPS) is 13.3. The van der Waals surface area contributed by atoms with E-state index in [2.05, 4.69) is 51.2 Å². The van der Waals surface area contributed by atoms with Crippen LogP contribution < -0.4 is 21.7 Å². The van der Waals surface area contributed by atoms with Crippen molar-refractivity contribution in [2.24, 2.45) is 15.1 Å². The monoisotopic (exact) mass is 520 g/mol. The van der Waals surface area contributed by atoms with Crippen molar-refractivity contribution in [3.05, 3.63) is 10.7 Å². The molecule has 29 heavy (non-hydrogen) atoms. The molecular formula is C13H20BrF3N8O2S2. The van der Waals surface area contributed by atoms with Crippen LogP contribution in [0.15, 0.2) is 25.2 Å². The van der Waals surface area contributed by atoms with E-state index < -0.39 is 28.7 Å². The first-order valence-corrected chi connectivity index (χ1v) is 11.5. The zero-order chi connectivity index (χ0) is 22.1. The highest BCUT2D eigenvalue weighted by Crippen LogP contribution is 2.23. The number of aromatic nitrogens is 2. The van der Waals surface area contributed by atoms with Crippen molar-refractivity contribution in [3.63, 3.8) is 0 Å². The Balaban J connectivity index is 2.56. The molecule has 0 bridgehead atoms. The lowest BCUT2D eigenvalue weighted by Gasteiger charge is -2.10. The van der Waals surface area contributed by atoms with Gasteiger partial charge in [-0.2, -0.15) is 13.2 Å². The minimum absolute atomic E-state index is 0.137. The van der Waals surface area contributed by atoms with Gasteiger partial charge in [-0.1, -0.05) is 11.8 Å². The van der Waals surface area contributed by atoms with Crippen molar-refractivity contribution in [2.45, 2.75) is 17.8 Å². The second-order valence-electron chi connectivity index (χ2n) is 5.34. The summed E-state index contributed by atoms with van der Waals surface area (Å²) >= 11 is 4.48. The highest BCUT2D eigenvalue weighted by atomic mass is 79.9. The van der Waals surface area contributed by atoms with Crippen LogP contribution in [-0.2, 0) is 10.0 Å². The molecule has 5 N–H and O–H groups in total. The number of rotatable bonds is 8. The van der Waals surface area contributed by atoms with Crippen LogP contribution in [0.3, 0.4) is 0 Å². The molecule has 0 radical (unpaired) electrons. The van der Waals surface area contributed by atoms with E-state index in [-0.39, 0.29) is 11.8 Å². The number of nitrogens with one attached hydrogen (secondary N) is 3. The molecule has 164 valence electrons. The van der Waals surface area contributed by atoms with Gasteiger partial charge in [0.2, 0.25) is 5.96 Å². The standard InChI is InChI=1S/C13H20BrF3N8O2S2/c1-19-11(25-29(2,26)27)20-4-3-5-28-12-21-6-8(14)9(24-12)23-10(18)22-7-13(15,16)17/h6H,3-5,7H2,1-2H3,(H2,19,20,25)(H3,18,21,22,23,24). The Kier molecular flexibility index (Phi) is 9.91. The van der Waals surface area contributed by atoms with Crippen LogP contribution in [0.4, 0.5) is 19.0 Å². The molecule has 1 aromatic heterocycles. The lowest BCUT2D eigenvalue weighted by atomic mass is 10.5. The zero-order valence-corrected chi connectivity index (χ0v) is 18.6. The van der Waals surface area contributed by atoms with E-state index in [1.54, 1.807) is 7.05 Å². The summed E-state index contributed by atoms with van der Waals surface area (Å²) < 4.78 is 62.7. The molecule has 0 unspecified atom stereocenters. The van der Waals surface area contributed by atoms with Crippen molar-refractivity contribution >= 4 is 55.5 Å². The van der Waals surface area contributed by atoms with Crippen molar-refractivity contribution in [1.29, 1.82) is 0 Å². The molecule has 1 aromatic rings. The Morgan fingerprint density at radius 3 is 2.69 bits per heavy atom. The van der Waals surface area contributed by atoms with Gasteiger partial charge in [0, 0.05) is 25.5 Å². The van der Waals surface area contributed by atoms with E-state index in [0.29, 0.717) is 28.3 Å². The van der Waals surface area contributed by atoms with Gasteiger partial charge in [-0.05, 0) is 22.4 Å². The number of halogens is 4. The van der Waals surface area contributed by atoms with Crippen molar-refractivity contribution in [3.8, 4) is 0 Å². The van der Waals surface area contributed by atoms with Crippen molar-refractivity contribution in [1.82, 2.24) is 20.6 Å². The number of hydrogen-bond acceptors (Lipinski definition) is 6. The van der Waals surface area contributed by atoms with E-state index in [1.165, 1.54) is 18.0 Å². The number of guanidine groups is 2. The third-order valence-corrected chi connectivity index (χ3v) is 4.78. The number of alkyl halides is 3. The number of thioether (sulfide) groups is 1. The van der Waals surface area contributed by atoms with Gasteiger partial charge < -0.3 is 21.7 Å². The predicted octanol–water partition coefficient (Wildman–Crippen LogP) is 1.13. The van der Waals surface area contributed by atoms with E-state index in [4.69, 9.17) is 5.73 Å². The third kappa shape index (κ3) is 11.7. The molecule has 16 heteroatoms. The summed E-state index contributed by atoms with van der Waals surface area (Å²) in [4.78, 5) is 11.5. The lowest BCUT2D eigenvalue weighted by molar-refractivity contribution is -0.118. The summed E-state index contributed by atoms with van der Waals surface area (Å²) in [6.07, 6.45) is -1.40. The molecule has 10 nitrogen and oxygen atoms in total. The summed E-state index contributed by atoms with van der Waals surface area (Å²) in [5.74, 6) is 0.479. The molecule has 0 amide bonds. The van der Waals surface area contributed by atoms with Crippen molar-refractivity contribution < 1.29 is 21.6 Å².